The summed E-state index contributed by atoms with van der Waals surface area (Å²) in [5, 5.41) is 1.16. The number of benzene rings is 1. The highest BCUT2D eigenvalue weighted by molar-refractivity contribution is 6.04. The summed E-state index contributed by atoms with van der Waals surface area (Å²) >= 11 is 0. The lowest BCUT2D eigenvalue weighted by Gasteiger charge is -2.15. The molecule has 0 spiro atoms. The highest BCUT2D eigenvalue weighted by atomic mass is 16.5. The van der Waals surface area contributed by atoms with E-state index < -0.39 is 0 Å². The van der Waals surface area contributed by atoms with Crippen molar-refractivity contribution in [2.75, 3.05) is 20.8 Å². The fourth-order valence-corrected chi connectivity index (χ4v) is 3.12. The molecule has 0 amide bonds. The minimum absolute atomic E-state index is 0.313. The molecule has 0 aliphatic rings. The molecule has 0 saturated heterocycles. The van der Waals surface area contributed by atoms with Gasteiger partial charge in [0, 0.05) is 38.4 Å². The molecule has 7 nitrogen and oxygen atoms in total. The summed E-state index contributed by atoms with van der Waals surface area (Å²) < 4.78 is 13.4. The van der Waals surface area contributed by atoms with Gasteiger partial charge in [-0.15, -0.1) is 0 Å². The molecule has 2 aromatic heterocycles. The molecule has 7 heteroatoms. The Morgan fingerprint density at radius 2 is 1.92 bits per heavy atom. The van der Waals surface area contributed by atoms with Crippen LogP contribution < -0.4 is 16.0 Å². The summed E-state index contributed by atoms with van der Waals surface area (Å²) in [5.41, 5.74) is 0.597. The quantitative estimate of drug-likeness (QED) is 0.504. The third-order valence-electron chi connectivity index (χ3n) is 4.31. The number of rotatable bonds is 6. The Labute approximate surface area is 144 Å². The van der Waals surface area contributed by atoms with Crippen molar-refractivity contribution < 1.29 is 9.47 Å². The number of nitrogens with zero attached hydrogens (tertiary/aromatic N) is 3. The molecule has 25 heavy (non-hydrogen) atoms. The number of aromatic nitrogens is 3. The molecule has 0 atom stereocenters. The molecular weight excluding hydrogens is 322 g/mol. The lowest BCUT2D eigenvalue weighted by Crippen LogP contribution is -2.40. The van der Waals surface area contributed by atoms with Crippen LogP contribution in [0.25, 0.3) is 21.8 Å². The molecule has 3 aromatic rings. The smallest absolute Gasteiger partial charge is 0.331 e. The first-order chi connectivity index (χ1) is 12.1. The monoisotopic (exact) mass is 343 g/mol. The Balaban J connectivity index is 2.45. The standard InChI is InChI=1S/C18H21N3O4/c1-4-20-17(22)13-11-19-15-12(7-5-8-14(15)25-3)16(13)21(18(20)23)9-6-10-24-2/h5,7-8,11H,4,6,9-10H2,1-3H3. The van der Waals surface area contributed by atoms with Gasteiger partial charge in [-0.3, -0.25) is 18.9 Å². The van der Waals surface area contributed by atoms with E-state index >= 15 is 0 Å². The van der Waals surface area contributed by atoms with Gasteiger partial charge in [0.2, 0.25) is 0 Å². The van der Waals surface area contributed by atoms with Crippen molar-refractivity contribution in [3.8, 4) is 5.75 Å². The first kappa shape index (κ1) is 17.2. The molecule has 0 saturated carbocycles. The fraction of sp³-hybridized carbons (Fsp3) is 0.389. The molecule has 0 N–H and O–H groups in total. The summed E-state index contributed by atoms with van der Waals surface area (Å²) in [4.78, 5) is 30.0. The fourth-order valence-electron chi connectivity index (χ4n) is 3.12. The summed E-state index contributed by atoms with van der Waals surface area (Å²) in [6.07, 6.45) is 2.20. The van der Waals surface area contributed by atoms with Crippen molar-refractivity contribution in [2.24, 2.45) is 0 Å². The van der Waals surface area contributed by atoms with Crippen LogP contribution in [0.3, 0.4) is 0 Å². The second-order valence-electron chi connectivity index (χ2n) is 5.71. The van der Waals surface area contributed by atoms with Gasteiger partial charge in [-0.05, 0) is 19.4 Å². The molecule has 0 fully saturated rings. The van der Waals surface area contributed by atoms with E-state index in [1.54, 1.807) is 25.7 Å². The Morgan fingerprint density at radius 1 is 1.12 bits per heavy atom. The van der Waals surface area contributed by atoms with E-state index in [0.29, 0.717) is 48.3 Å². The van der Waals surface area contributed by atoms with Crippen LogP contribution >= 0.6 is 0 Å². The van der Waals surface area contributed by atoms with Crippen molar-refractivity contribution >= 4 is 21.8 Å². The predicted molar refractivity (Wildman–Crippen MR) is 96.5 cm³/mol. The van der Waals surface area contributed by atoms with Crippen LogP contribution in [0.4, 0.5) is 0 Å². The number of para-hydroxylation sites is 1. The molecule has 1 aromatic carbocycles. The molecular formula is C18H21N3O4. The average Bonchev–Trinajstić information content (AvgIpc) is 2.63. The van der Waals surface area contributed by atoms with E-state index in [0.717, 1.165) is 5.39 Å². The van der Waals surface area contributed by atoms with Gasteiger partial charge >= 0.3 is 5.69 Å². The first-order valence-corrected chi connectivity index (χ1v) is 8.22. The second-order valence-corrected chi connectivity index (χ2v) is 5.71. The summed E-state index contributed by atoms with van der Waals surface area (Å²) in [6.45, 7) is 3.09. The number of pyridine rings is 1. The molecule has 0 bridgehead atoms. The number of fused-ring (bicyclic) bond motifs is 3. The van der Waals surface area contributed by atoms with Crippen molar-refractivity contribution in [1.29, 1.82) is 0 Å². The normalized spacial score (nSPS) is 11.3. The SMILES string of the molecule is CCn1c(=O)c2cnc3c(OC)cccc3c2n(CCCOC)c1=O. The minimum atomic E-state index is -0.317. The maximum Gasteiger partial charge on any atom is 0.331 e. The molecule has 132 valence electrons. The van der Waals surface area contributed by atoms with Gasteiger partial charge < -0.3 is 9.47 Å². The lowest BCUT2D eigenvalue weighted by molar-refractivity contribution is 0.190. The largest absolute Gasteiger partial charge is 0.494 e. The molecule has 0 radical (unpaired) electrons. The number of hydrogen-bond donors (Lipinski definition) is 0. The first-order valence-electron chi connectivity index (χ1n) is 8.22. The molecule has 0 aliphatic carbocycles. The van der Waals surface area contributed by atoms with Crippen molar-refractivity contribution in [3.63, 3.8) is 0 Å². The third-order valence-corrected chi connectivity index (χ3v) is 4.31. The van der Waals surface area contributed by atoms with Gasteiger partial charge in [0.25, 0.3) is 5.56 Å². The van der Waals surface area contributed by atoms with Gasteiger partial charge in [-0.1, -0.05) is 12.1 Å². The van der Waals surface area contributed by atoms with Gasteiger partial charge in [0.05, 0.1) is 18.0 Å². The minimum Gasteiger partial charge on any atom is -0.494 e. The zero-order valence-electron chi connectivity index (χ0n) is 14.6. The van der Waals surface area contributed by atoms with Crippen LogP contribution in [0.5, 0.6) is 5.75 Å². The summed E-state index contributed by atoms with van der Waals surface area (Å²) in [6, 6.07) is 5.49. The topological polar surface area (TPSA) is 75.3 Å². The van der Waals surface area contributed by atoms with E-state index in [9.17, 15) is 9.59 Å². The van der Waals surface area contributed by atoms with Crippen LogP contribution in [0.15, 0.2) is 34.0 Å². The third kappa shape index (κ3) is 2.80. The average molecular weight is 343 g/mol. The van der Waals surface area contributed by atoms with Gasteiger partial charge in [0.15, 0.2) is 0 Å². The van der Waals surface area contributed by atoms with E-state index in [4.69, 9.17) is 9.47 Å². The van der Waals surface area contributed by atoms with Crippen LogP contribution in [-0.2, 0) is 17.8 Å². The zero-order valence-corrected chi connectivity index (χ0v) is 14.6. The highest BCUT2D eigenvalue weighted by Crippen LogP contribution is 2.27. The molecule has 0 aliphatic heterocycles. The molecule has 2 heterocycles. The van der Waals surface area contributed by atoms with Crippen molar-refractivity contribution in [1.82, 2.24) is 14.1 Å². The van der Waals surface area contributed by atoms with Crippen LogP contribution in [0.1, 0.15) is 13.3 Å². The predicted octanol–water partition coefficient (Wildman–Crippen LogP) is 1.78. The Morgan fingerprint density at radius 3 is 2.60 bits per heavy atom. The summed E-state index contributed by atoms with van der Waals surface area (Å²) in [7, 11) is 3.19. The van der Waals surface area contributed by atoms with E-state index in [1.165, 1.54) is 10.8 Å². The van der Waals surface area contributed by atoms with Crippen LogP contribution in [0, 0.1) is 0 Å². The van der Waals surface area contributed by atoms with Crippen LogP contribution in [0.2, 0.25) is 0 Å². The summed E-state index contributed by atoms with van der Waals surface area (Å²) in [5.74, 6) is 0.606. The van der Waals surface area contributed by atoms with Gasteiger partial charge in [-0.25, -0.2) is 4.79 Å². The number of aryl methyl sites for hydroxylation is 1. The number of methoxy groups -OCH3 is 2. The highest BCUT2D eigenvalue weighted by Gasteiger charge is 2.16. The zero-order chi connectivity index (χ0) is 18.0. The van der Waals surface area contributed by atoms with E-state index in [1.807, 2.05) is 18.2 Å². The van der Waals surface area contributed by atoms with Gasteiger partial charge in [-0.2, -0.15) is 0 Å². The Bertz CT molecular complexity index is 1040. The van der Waals surface area contributed by atoms with Crippen molar-refractivity contribution in [3.05, 3.63) is 45.2 Å². The Hall–Kier alpha value is -2.67. The lowest BCUT2D eigenvalue weighted by atomic mass is 10.1. The molecule has 0 unspecified atom stereocenters. The molecule has 3 rings (SSSR count). The van der Waals surface area contributed by atoms with Crippen LogP contribution in [-0.4, -0.2) is 34.9 Å². The van der Waals surface area contributed by atoms with Gasteiger partial charge in [0.1, 0.15) is 11.3 Å². The number of ether oxygens (including phenoxy) is 2. The van der Waals surface area contributed by atoms with Crippen molar-refractivity contribution in [2.45, 2.75) is 26.4 Å². The number of hydrogen-bond acceptors (Lipinski definition) is 5. The maximum absolute atomic E-state index is 12.9. The Kier molecular flexibility index (Phi) is 4.85. The second kappa shape index (κ2) is 7.06. The van der Waals surface area contributed by atoms with E-state index in [-0.39, 0.29) is 11.2 Å². The maximum atomic E-state index is 12.9. The van der Waals surface area contributed by atoms with E-state index in [2.05, 4.69) is 4.98 Å².